The molecule has 0 atom stereocenters. The molecule has 0 amide bonds. The van der Waals surface area contributed by atoms with E-state index < -0.39 is 4.92 Å². The number of nitrogens with two attached hydrogens (primary N) is 1. The Labute approximate surface area is 110 Å². The maximum atomic E-state index is 10.9. The number of nitro benzene ring substituents is 1. The van der Waals surface area contributed by atoms with Crippen molar-refractivity contribution in [2.45, 2.75) is 19.9 Å². The summed E-state index contributed by atoms with van der Waals surface area (Å²) in [5, 5.41) is 10.9. The van der Waals surface area contributed by atoms with E-state index >= 15 is 0 Å². The van der Waals surface area contributed by atoms with Crippen molar-refractivity contribution in [1.29, 1.82) is 0 Å². The molecule has 0 aliphatic rings. The van der Waals surface area contributed by atoms with E-state index in [0.717, 1.165) is 17.8 Å². The minimum atomic E-state index is -0.451. The summed E-state index contributed by atoms with van der Waals surface area (Å²) in [5.41, 5.74) is 3.48. The predicted octanol–water partition coefficient (Wildman–Crippen LogP) is 1.69. The molecule has 7 heteroatoms. The molecule has 0 aliphatic heterocycles. The summed E-state index contributed by atoms with van der Waals surface area (Å²) in [6.07, 6.45) is 4.36. The lowest BCUT2D eigenvalue weighted by Gasteiger charge is -2.11. The molecular formula is C12H15N5O2. The molecule has 1 heterocycles. The smallest absolute Gasteiger partial charge is 0.293 e. The Balaban J connectivity index is 2.40. The van der Waals surface area contributed by atoms with E-state index in [9.17, 15) is 10.1 Å². The minimum Gasteiger partial charge on any atom is -0.330 e. The Bertz CT molecular complexity index is 594. The number of hydrazine groups is 1. The standard InChI is InChI=1S/C12H15N5O2/c1-2-11-14-6-7-16(11)8-9-4-3-5-10(17(18)19)12(9)15-13/h3-7,15H,2,8,13H2,1H3. The Kier molecular flexibility index (Phi) is 3.76. The van der Waals surface area contributed by atoms with Gasteiger partial charge in [-0.25, -0.2) is 4.98 Å². The monoisotopic (exact) mass is 261 g/mol. The Morgan fingerprint density at radius 3 is 2.95 bits per heavy atom. The van der Waals surface area contributed by atoms with Gasteiger partial charge in [0.1, 0.15) is 11.5 Å². The van der Waals surface area contributed by atoms with E-state index in [1.165, 1.54) is 6.07 Å². The number of nitrogen functional groups attached to an aromatic ring is 1. The summed E-state index contributed by atoms with van der Waals surface area (Å²) >= 11 is 0. The van der Waals surface area contributed by atoms with Gasteiger partial charge in [-0.3, -0.25) is 16.0 Å². The lowest BCUT2D eigenvalue weighted by molar-refractivity contribution is -0.384. The van der Waals surface area contributed by atoms with Gasteiger partial charge in [0, 0.05) is 30.4 Å². The lowest BCUT2D eigenvalue weighted by Crippen LogP contribution is -2.13. The highest BCUT2D eigenvalue weighted by Crippen LogP contribution is 2.28. The molecule has 19 heavy (non-hydrogen) atoms. The van der Waals surface area contributed by atoms with Crippen molar-refractivity contribution < 1.29 is 4.92 Å². The van der Waals surface area contributed by atoms with Crippen LogP contribution in [0.4, 0.5) is 11.4 Å². The van der Waals surface area contributed by atoms with E-state index in [0.29, 0.717) is 12.2 Å². The summed E-state index contributed by atoms with van der Waals surface area (Å²) in [6, 6.07) is 4.88. The van der Waals surface area contributed by atoms with Crippen LogP contribution >= 0.6 is 0 Å². The molecule has 2 aromatic rings. The third-order valence-electron chi connectivity index (χ3n) is 2.93. The lowest BCUT2D eigenvalue weighted by atomic mass is 10.1. The van der Waals surface area contributed by atoms with Crippen LogP contribution in [0.1, 0.15) is 18.3 Å². The zero-order chi connectivity index (χ0) is 13.8. The molecule has 0 unspecified atom stereocenters. The van der Waals surface area contributed by atoms with Crippen LogP contribution in [-0.2, 0) is 13.0 Å². The van der Waals surface area contributed by atoms with Crippen molar-refractivity contribution in [2.24, 2.45) is 5.84 Å². The van der Waals surface area contributed by atoms with E-state index in [1.54, 1.807) is 12.3 Å². The molecule has 0 saturated heterocycles. The quantitative estimate of drug-likeness (QED) is 0.484. The van der Waals surface area contributed by atoms with Crippen molar-refractivity contribution >= 4 is 11.4 Å². The molecule has 1 aromatic heterocycles. The number of aryl methyl sites for hydroxylation is 1. The van der Waals surface area contributed by atoms with E-state index in [2.05, 4.69) is 10.4 Å². The van der Waals surface area contributed by atoms with Gasteiger partial charge in [0.05, 0.1) is 11.5 Å². The highest BCUT2D eigenvalue weighted by molar-refractivity contribution is 5.65. The van der Waals surface area contributed by atoms with E-state index in [1.807, 2.05) is 23.8 Å². The van der Waals surface area contributed by atoms with Crippen LogP contribution in [0, 0.1) is 10.1 Å². The summed E-state index contributed by atoms with van der Waals surface area (Å²) in [5.74, 6) is 6.33. The molecule has 0 aliphatic carbocycles. The first-order valence-corrected chi connectivity index (χ1v) is 5.90. The SMILES string of the molecule is CCc1nccn1Cc1cccc([N+](=O)[O-])c1NN. The summed E-state index contributed by atoms with van der Waals surface area (Å²) in [4.78, 5) is 14.7. The average Bonchev–Trinajstić information content (AvgIpc) is 2.85. The van der Waals surface area contributed by atoms with Crippen LogP contribution in [0.2, 0.25) is 0 Å². The fraction of sp³-hybridized carbons (Fsp3) is 0.250. The van der Waals surface area contributed by atoms with E-state index in [4.69, 9.17) is 5.84 Å². The number of rotatable bonds is 5. The van der Waals surface area contributed by atoms with E-state index in [-0.39, 0.29) is 5.69 Å². The highest BCUT2D eigenvalue weighted by atomic mass is 16.6. The molecule has 0 fully saturated rings. The molecule has 7 nitrogen and oxygen atoms in total. The van der Waals surface area contributed by atoms with Crippen molar-refractivity contribution in [1.82, 2.24) is 9.55 Å². The molecular weight excluding hydrogens is 246 g/mol. The zero-order valence-corrected chi connectivity index (χ0v) is 10.5. The van der Waals surface area contributed by atoms with Crippen LogP contribution in [-0.4, -0.2) is 14.5 Å². The zero-order valence-electron chi connectivity index (χ0n) is 10.5. The van der Waals surface area contributed by atoms with Crippen LogP contribution in [0.25, 0.3) is 0 Å². The Morgan fingerprint density at radius 2 is 2.32 bits per heavy atom. The molecule has 0 spiro atoms. The number of nitro groups is 1. The maximum Gasteiger partial charge on any atom is 0.293 e. The van der Waals surface area contributed by atoms with Gasteiger partial charge in [0.15, 0.2) is 0 Å². The second-order valence-corrected chi connectivity index (χ2v) is 4.04. The average molecular weight is 261 g/mol. The normalized spacial score (nSPS) is 10.4. The molecule has 0 bridgehead atoms. The van der Waals surface area contributed by atoms with Crippen molar-refractivity contribution in [3.8, 4) is 0 Å². The molecule has 100 valence electrons. The second kappa shape index (κ2) is 5.49. The van der Waals surface area contributed by atoms with Gasteiger partial charge in [-0.05, 0) is 0 Å². The third kappa shape index (κ3) is 2.55. The van der Waals surface area contributed by atoms with Gasteiger partial charge in [0.2, 0.25) is 0 Å². The first-order chi connectivity index (χ1) is 9.17. The van der Waals surface area contributed by atoms with Crippen molar-refractivity contribution in [3.05, 3.63) is 52.1 Å². The molecule has 2 rings (SSSR count). The van der Waals surface area contributed by atoms with Gasteiger partial charge in [0.25, 0.3) is 5.69 Å². The molecule has 3 N–H and O–H groups in total. The predicted molar refractivity (Wildman–Crippen MR) is 71.6 cm³/mol. The molecule has 0 radical (unpaired) electrons. The van der Waals surface area contributed by atoms with Gasteiger partial charge in [-0.15, -0.1) is 0 Å². The highest BCUT2D eigenvalue weighted by Gasteiger charge is 2.17. The number of nitrogens with zero attached hydrogens (tertiary/aromatic N) is 3. The second-order valence-electron chi connectivity index (χ2n) is 4.04. The van der Waals surface area contributed by atoms with Crippen LogP contribution in [0.15, 0.2) is 30.6 Å². The summed E-state index contributed by atoms with van der Waals surface area (Å²) in [7, 11) is 0. The fourth-order valence-corrected chi connectivity index (χ4v) is 2.02. The van der Waals surface area contributed by atoms with Gasteiger partial charge < -0.3 is 9.99 Å². The fourth-order valence-electron chi connectivity index (χ4n) is 2.02. The number of aromatic nitrogens is 2. The topological polar surface area (TPSA) is 99.0 Å². The Morgan fingerprint density at radius 1 is 1.53 bits per heavy atom. The number of imidazole rings is 1. The number of hydrogen-bond donors (Lipinski definition) is 2. The number of para-hydroxylation sites is 1. The van der Waals surface area contributed by atoms with Crippen molar-refractivity contribution in [2.75, 3.05) is 5.43 Å². The Hall–Kier alpha value is -2.41. The third-order valence-corrected chi connectivity index (χ3v) is 2.93. The number of anilines is 1. The summed E-state index contributed by atoms with van der Waals surface area (Å²) < 4.78 is 1.94. The molecule has 0 saturated carbocycles. The van der Waals surface area contributed by atoms with Crippen LogP contribution in [0.5, 0.6) is 0 Å². The van der Waals surface area contributed by atoms with Crippen LogP contribution in [0.3, 0.4) is 0 Å². The largest absolute Gasteiger partial charge is 0.330 e. The number of nitrogens with one attached hydrogen (secondary N) is 1. The summed E-state index contributed by atoms with van der Waals surface area (Å²) in [6.45, 7) is 2.50. The van der Waals surface area contributed by atoms with Gasteiger partial charge >= 0.3 is 0 Å². The number of hydrogen-bond acceptors (Lipinski definition) is 5. The van der Waals surface area contributed by atoms with Crippen molar-refractivity contribution in [3.63, 3.8) is 0 Å². The number of benzene rings is 1. The van der Waals surface area contributed by atoms with Crippen LogP contribution < -0.4 is 11.3 Å². The molecule has 1 aromatic carbocycles. The minimum absolute atomic E-state index is 0.0295. The maximum absolute atomic E-state index is 10.9. The van der Waals surface area contributed by atoms with Gasteiger partial charge in [-0.2, -0.15) is 0 Å². The first-order valence-electron chi connectivity index (χ1n) is 5.90. The first kappa shape index (κ1) is 13.0. The van der Waals surface area contributed by atoms with Gasteiger partial charge in [-0.1, -0.05) is 19.1 Å².